The van der Waals surface area contributed by atoms with Crippen LogP contribution in [0.4, 0.5) is 0 Å². The molecule has 3 heteroatoms. The Kier molecular flexibility index (Phi) is 2.24. The van der Waals surface area contributed by atoms with E-state index in [-0.39, 0.29) is 11.9 Å². The first-order chi connectivity index (χ1) is 5.79. The molecule has 74 valence electrons. The van der Waals surface area contributed by atoms with Gasteiger partial charge in [-0.05, 0) is 27.2 Å². The van der Waals surface area contributed by atoms with Crippen molar-refractivity contribution in [3.8, 4) is 0 Å². The zero-order valence-corrected chi connectivity index (χ0v) is 8.46. The van der Waals surface area contributed by atoms with Crippen LogP contribution in [0.2, 0.25) is 0 Å². The molecule has 3 nitrogen and oxygen atoms in total. The van der Waals surface area contributed by atoms with Gasteiger partial charge < -0.3 is 10.5 Å². The average Bonchev–Trinajstić information content (AvgIpc) is 2.60. The van der Waals surface area contributed by atoms with E-state index in [4.69, 9.17) is 10.5 Å². The molecule has 0 aromatic heterocycles. The summed E-state index contributed by atoms with van der Waals surface area (Å²) < 4.78 is 5.18. The number of rotatable bonds is 2. The van der Waals surface area contributed by atoms with Crippen LogP contribution in [-0.2, 0) is 9.53 Å². The molecule has 1 aliphatic rings. The molecule has 0 aromatic carbocycles. The van der Waals surface area contributed by atoms with Crippen molar-refractivity contribution >= 4 is 5.97 Å². The van der Waals surface area contributed by atoms with Crippen LogP contribution >= 0.6 is 0 Å². The standard InChI is InChI=1S/C10H17NO2/c1-5-7-6-10(7,11)8(12)13-9(2,3)4/h5,7H,1,6,11H2,2-4H3/t7-,10-/m1/s1. The van der Waals surface area contributed by atoms with E-state index in [9.17, 15) is 4.79 Å². The van der Waals surface area contributed by atoms with Gasteiger partial charge in [0, 0.05) is 5.92 Å². The molecular weight excluding hydrogens is 166 g/mol. The first-order valence-corrected chi connectivity index (χ1v) is 4.44. The van der Waals surface area contributed by atoms with Crippen LogP contribution in [0, 0.1) is 5.92 Å². The Morgan fingerprint density at radius 2 is 2.23 bits per heavy atom. The molecule has 0 spiro atoms. The maximum atomic E-state index is 11.5. The quantitative estimate of drug-likeness (QED) is 0.517. The molecule has 1 aliphatic carbocycles. The number of carbonyl (C=O) groups is 1. The Morgan fingerprint density at radius 3 is 2.54 bits per heavy atom. The fraction of sp³-hybridized carbons (Fsp3) is 0.700. The van der Waals surface area contributed by atoms with Gasteiger partial charge in [0.05, 0.1) is 0 Å². The first kappa shape index (κ1) is 10.3. The van der Waals surface area contributed by atoms with Crippen molar-refractivity contribution in [1.29, 1.82) is 0 Å². The predicted molar refractivity (Wildman–Crippen MR) is 51.1 cm³/mol. The van der Waals surface area contributed by atoms with Crippen LogP contribution in [0.5, 0.6) is 0 Å². The van der Waals surface area contributed by atoms with Crippen LogP contribution in [0.3, 0.4) is 0 Å². The third-order valence-corrected chi connectivity index (χ3v) is 2.12. The van der Waals surface area contributed by atoms with Gasteiger partial charge in [-0.25, -0.2) is 0 Å². The number of hydrogen-bond donors (Lipinski definition) is 1. The SMILES string of the molecule is C=C[C@@H]1C[C@]1(N)C(=O)OC(C)(C)C. The summed E-state index contributed by atoms with van der Waals surface area (Å²) in [5, 5.41) is 0. The minimum atomic E-state index is -0.797. The Morgan fingerprint density at radius 1 is 1.69 bits per heavy atom. The highest BCUT2D eigenvalue weighted by Gasteiger charge is 2.57. The number of carbonyl (C=O) groups excluding carboxylic acids is 1. The van der Waals surface area contributed by atoms with Gasteiger partial charge in [0.15, 0.2) is 0 Å². The third kappa shape index (κ3) is 2.10. The summed E-state index contributed by atoms with van der Waals surface area (Å²) in [5.74, 6) is -0.229. The summed E-state index contributed by atoms with van der Waals surface area (Å²) in [7, 11) is 0. The molecule has 1 saturated carbocycles. The van der Waals surface area contributed by atoms with Crippen molar-refractivity contribution in [3.63, 3.8) is 0 Å². The van der Waals surface area contributed by atoms with E-state index in [2.05, 4.69) is 6.58 Å². The van der Waals surface area contributed by atoms with E-state index in [0.717, 1.165) is 0 Å². The fourth-order valence-corrected chi connectivity index (χ4v) is 1.21. The molecular formula is C10H17NO2. The van der Waals surface area contributed by atoms with Gasteiger partial charge in [0.1, 0.15) is 11.1 Å². The Balaban J connectivity index is 2.56. The molecule has 0 heterocycles. The van der Waals surface area contributed by atoms with E-state index in [1.165, 1.54) is 0 Å². The van der Waals surface area contributed by atoms with Crippen LogP contribution in [-0.4, -0.2) is 17.1 Å². The normalized spacial score (nSPS) is 32.5. The van der Waals surface area contributed by atoms with Crippen molar-refractivity contribution in [2.45, 2.75) is 38.3 Å². The van der Waals surface area contributed by atoms with Gasteiger partial charge >= 0.3 is 5.97 Å². The predicted octanol–water partition coefficient (Wildman–Crippen LogP) is 1.23. The van der Waals surface area contributed by atoms with Crippen LogP contribution in [0.15, 0.2) is 12.7 Å². The van der Waals surface area contributed by atoms with Crippen molar-refractivity contribution < 1.29 is 9.53 Å². The van der Waals surface area contributed by atoms with Crippen LogP contribution < -0.4 is 5.73 Å². The maximum Gasteiger partial charge on any atom is 0.327 e. The van der Waals surface area contributed by atoms with E-state index >= 15 is 0 Å². The molecule has 0 aliphatic heterocycles. The number of esters is 1. The maximum absolute atomic E-state index is 11.5. The lowest BCUT2D eigenvalue weighted by Crippen LogP contribution is -2.40. The molecule has 0 unspecified atom stereocenters. The zero-order valence-electron chi connectivity index (χ0n) is 8.46. The molecule has 13 heavy (non-hydrogen) atoms. The van der Waals surface area contributed by atoms with Gasteiger partial charge in [-0.1, -0.05) is 6.08 Å². The van der Waals surface area contributed by atoms with Crippen molar-refractivity contribution in [3.05, 3.63) is 12.7 Å². The van der Waals surface area contributed by atoms with E-state index < -0.39 is 11.1 Å². The van der Waals surface area contributed by atoms with Gasteiger partial charge in [0.25, 0.3) is 0 Å². The van der Waals surface area contributed by atoms with Gasteiger partial charge in [-0.2, -0.15) is 0 Å². The summed E-state index contributed by atoms with van der Waals surface area (Å²) in [6.07, 6.45) is 2.37. The fourth-order valence-electron chi connectivity index (χ4n) is 1.21. The smallest absolute Gasteiger partial charge is 0.327 e. The van der Waals surface area contributed by atoms with Crippen LogP contribution in [0.1, 0.15) is 27.2 Å². The van der Waals surface area contributed by atoms with E-state index in [0.29, 0.717) is 6.42 Å². The second-order valence-electron chi connectivity index (χ2n) is 4.59. The third-order valence-electron chi connectivity index (χ3n) is 2.12. The van der Waals surface area contributed by atoms with Crippen molar-refractivity contribution in [1.82, 2.24) is 0 Å². The minimum Gasteiger partial charge on any atom is -0.459 e. The van der Waals surface area contributed by atoms with Crippen molar-refractivity contribution in [2.75, 3.05) is 0 Å². The van der Waals surface area contributed by atoms with E-state index in [1.54, 1.807) is 6.08 Å². The molecule has 0 amide bonds. The van der Waals surface area contributed by atoms with E-state index in [1.807, 2.05) is 20.8 Å². The molecule has 1 rings (SSSR count). The minimum absolute atomic E-state index is 0.0855. The Labute approximate surface area is 78.9 Å². The van der Waals surface area contributed by atoms with Gasteiger partial charge in [-0.15, -0.1) is 6.58 Å². The summed E-state index contributed by atoms with van der Waals surface area (Å²) in [4.78, 5) is 11.5. The van der Waals surface area contributed by atoms with Crippen molar-refractivity contribution in [2.24, 2.45) is 11.7 Å². The highest BCUT2D eigenvalue weighted by molar-refractivity contribution is 5.85. The number of hydrogen-bond acceptors (Lipinski definition) is 3. The molecule has 0 aromatic rings. The summed E-state index contributed by atoms with van der Waals surface area (Å²) in [6, 6.07) is 0. The van der Waals surface area contributed by atoms with Crippen LogP contribution in [0.25, 0.3) is 0 Å². The van der Waals surface area contributed by atoms with Gasteiger partial charge in [-0.3, -0.25) is 4.79 Å². The number of ether oxygens (including phenoxy) is 1. The molecule has 0 bridgehead atoms. The van der Waals surface area contributed by atoms with Gasteiger partial charge in [0.2, 0.25) is 0 Å². The summed E-state index contributed by atoms with van der Waals surface area (Å²) >= 11 is 0. The lowest BCUT2D eigenvalue weighted by Gasteiger charge is -2.22. The summed E-state index contributed by atoms with van der Waals surface area (Å²) in [5.41, 5.74) is 4.55. The molecule has 2 atom stereocenters. The Hall–Kier alpha value is -0.830. The monoisotopic (exact) mass is 183 g/mol. The largest absolute Gasteiger partial charge is 0.459 e. The average molecular weight is 183 g/mol. The highest BCUT2D eigenvalue weighted by atomic mass is 16.6. The zero-order chi connectivity index (χ0) is 10.3. The summed E-state index contributed by atoms with van der Waals surface area (Å²) in [6.45, 7) is 9.11. The highest BCUT2D eigenvalue weighted by Crippen LogP contribution is 2.43. The second kappa shape index (κ2) is 2.84. The molecule has 0 radical (unpaired) electrons. The lowest BCUT2D eigenvalue weighted by molar-refractivity contribution is -0.158. The molecule has 1 fully saturated rings. The molecule has 0 saturated heterocycles. The first-order valence-electron chi connectivity index (χ1n) is 4.44. The molecule has 2 N–H and O–H groups in total. The second-order valence-corrected chi connectivity index (χ2v) is 4.59. The number of nitrogens with two attached hydrogens (primary N) is 1. The lowest BCUT2D eigenvalue weighted by atomic mass is 10.1. The Bertz CT molecular complexity index is 242. The topological polar surface area (TPSA) is 52.3 Å².